The number of carbonyl (C=O) groups is 1. The molecule has 2 aromatic heterocycles. The fourth-order valence-corrected chi connectivity index (χ4v) is 4.25. The van der Waals surface area contributed by atoms with Gasteiger partial charge in [0.05, 0.1) is 34.9 Å². The Morgan fingerprint density at radius 1 is 1.19 bits per heavy atom. The van der Waals surface area contributed by atoms with Crippen molar-refractivity contribution in [3.05, 3.63) is 59.4 Å². The van der Waals surface area contributed by atoms with Crippen LogP contribution in [0.3, 0.4) is 0 Å². The lowest BCUT2D eigenvalue weighted by atomic mass is 9.93. The molecular weight excluding hydrogens is 431 g/mol. The lowest BCUT2D eigenvalue weighted by Gasteiger charge is -2.18. The summed E-state index contributed by atoms with van der Waals surface area (Å²) >= 11 is 1.57. The van der Waals surface area contributed by atoms with E-state index in [0.29, 0.717) is 5.69 Å². The van der Waals surface area contributed by atoms with Crippen LogP contribution in [0.15, 0.2) is 47.5 Å². The molecule has 2 heterocycles. The minimum absolute atomic E-state index is 0.0941. The molecule has 0 fully saturated rings. The normalized spacial score (nSPS) is 13.8. The summed E-state index contributed by atoms with van der Waals surface area (Å²) in [5.41, 5.74) is 4.12. The summed E-state index contributed by atoms with van der Waals surface area (Å²) in [7, 11) is 0. The van der Waals surface area contributed by atoms with Crippen molar-refractivity contribution >= 4 is 29.3 Å². The highest BCUT2D eigenvalue weighted by molar-refractivity contribution is 7.98. The van der Waals surface area contributed by atoms with Gasteiger partial charge in [0.15, 0.2) is 0 Å². The Bertz CT molecular complexity index is 1130. The third kappa shape index (κ3) is 5.38. The van der Waals surface area contributed by atoms with Crippen molar-refractivity contribution in [1.29, 1.82) is 0 Å². The molecule has 6 nitrogen and oxygen atoms in total. The van der Waals surface area contributed by atoms with E-state index in [1.807, 2.05) is 22.9 Å². The number of aliphatic carboxylic acids is 1. The molecule has 0 aliphatic rings. The molecule has 3 N–H and O–H groups in total. The zero-order valence-corrected chi connectivity index (χ0v) is 19.0. The second-order valence-corrected chi connectivity index (χ2v) is 8.75. The van der Waals surface area contributed by atoms with Crippen LogP contribution >= 0.6 is 11.8 Å². The van der Waals surface area contributed by atoms with Gasteiger partial charge >= 0.3 is 5.97 Å². The predicted octanol–water partition coefficient (Wildman–Crippen LogP) is 4.59. The van der Waals surface area contributed by atoms with Crippen molar-refractivity contribution in [1.82, 2.24) is 9.61 Å². The number of fused-ring (bicyclic) bond motifs is 1. The molecule has 32 heavy (non-hydrogen) atoms. The van der Waals surface area contributed by atoms with Crippen LogP contribution in [0.2, 0.25) is 0 Å². The van der Waals surface area contributed by atoms with Gasteiger partial charge in [-0.1, -0.05) is 26.0 Å². The maximum absolute atomic E-state index is 13.6. The van der Waals surface area contributed by atoms with Crippen LogP contribution in [-0.2, 0) is 4.79 Å². The predicted molar refractivity (Wildman–Crippen MR) is 124 cm³/mol. The van der Waals surface area contributed by atoms with Crippen LogP contribution in [-0.4, -0.2) is 49.4 Å². The zero-order chi connectivity index (χ0) is 23.4. The van der Waals surface area contributed by atoms with Gasteiger partial charge in [0.2, 0.25) is 0 Å². The fraction of sp³-hybridized carbons (Fsp3) is 0.333. The molecule has 0 aliphatic carbocycles. The van der Waals surface area contributed by atoms with E-state index in [1.54, 1.807) is 30.0 Å². The minimum Gasteiger partial charge on any atom is -0.481 e. The minimum atomic E-state index is -1.15. The molecule has 2 unspecified atom stereocenters. The number of thioether (sulfide) groups is 1. The van der Waals surface area contributed by atoms with E-state index in [2.05, 4.69) is 13.8 Å². The molecule has 0 spiro atoms. The Labute approximate surface area is 190 Å². The lowest BCUT2D eigenvalue weighted by Crippen LogP contribution is -2.19. The molecular formula is C24H27FN2O4S. The molecule has 8 heteroatoms. The van der Waals surface area contributed by atoms with Crippen LogP contribution in [0, 0.1) is 5.82 Å². The lowest BCUT2D eigenvalue weighted by molar-refractivity contribution is -0.139. The monoisotopic (exact) mass is 458 g/mol. The number of halogens is 1. The van der Waals surface area contributed by atoms with Gasteiger partial charge < -0.3 is 15.3 Å². The standard InChI is InChI=1S/C24H27FN2O4S/c1-14(2)23-19(9-8-17(28)12-18(29)13-22(30)31)24(15-4-6-16(25)7-5-15)26-27-20(23)10-11-21(27)32-3/h4-11,14,17-18,28-29H,12-13H2,1-3H3,(H,30,31)/b9-8+. The average Bonchev–Trinajstić information content (AvgIpc) is 3.13. The topological polar surface area (TPSA) is 95.1 Å². The van der Waals surface area contributed by atoms with Gasteiger partial charge in [-0.2, -0.15) is 5.10 Å². The first-order valence-electron chi connectivity index (χ1n) is 10.3. The number of carboxylic acids is 1. The molecule has 1 aromatic carbocycles. The van der Waals surface area contributed by atoms with E-state index >= 15 is 0 Å². The summed E-state index contributed by atoms with van der Waals surface area (Å²) in [4.78, 5) is 10.8. The number of hydrogen-bond donors (Lipinski definition) is 3. The highest BCUT2D eigenvalue weighted by Crippen LogP contribution is 2.35. The third-order valence-electron chi connectivity index (χ3n) is 5.15. The number of aliphatic hydroxyl groups excluding tert-OH is 2. The van der Waals surface area contributed by atoms with Gasteiger partial charge in [-0.25, -0.2) is 8.91 Å². The third-order valence-corrected chi connectivity index (χ3v) is 5.88. The first kappa shape index (κ1) is 24.0. The Kier molecular flexibility index (Phi) is 7.71. The summed E-state index contributed by atoms with van der Waals surface area (Å²) in [5, 5.41) is 34.8. The summed E-state index contributed by atoms with van der Waals surface area (Å²) in [6, 6.07) is 10.1. The van der Waals surface area contributed by atoms with Gasteiger partial charge in [0.1, 0.15) is 5.82 Å². The van der Waals surface area contributed by atoms with Crippen molar-refractivity contribution < 1.29 is 24.5 Å². The number of aliphatic hydroxyl groups is 2. The Morgan fingerprint density at radius 3 is 2.47 bits per heavy atom. The second-order valence-electron chi connectivity index (χ2n) is 7.92. The number of carboxylic acid groups (broad SMARTS) is 1. The molecule has 0 bridgehead atoms. The highest BCUT2D eigenvalue weighted by Gasteiger charge is 2.20. The molecule has 3 aromatic rings. The summed E-state index contributed by atoms with van der Waals surface area (Å²) in [6.07, 6.45) is 2.56. The Hall–Kier alpha value is -2.68. The zero-order valence-electron chi connectivity index (χ0n) is 18.2. The molecule has 0 radical (unpaired) electrons. The molecule has 170 valence electrons. The Morgan fingerprint density at radius 2 is 1.88 bits per heavy atom. The largest absolute Gasteiger partial charge is 0.481 e. The van der Waals surface area contributed by atoms with Gasteiger partial charge in [0.25, 0.3) is 0 Å². The van der Waals surface area contributed by atoms with Gasteiger partial charge in [-0.05, 0) is 54.1 Å². The maximum atomic E-state index is 13.6. The van der Waals surface area contributed by atoms with Crippen molar-refractivity contribution in [2.75, 3.05) is 6.26 Å². The van der Waals surface area contributed by atoms with Crippen LogP contribution in [0.25, 0.3) is 22.9 Å². The van der Waals surface area contributed by atoms with Gasteiger partial charge in [-0.3, -0.25) is 4.79 Å². The van der Waals surface area contributed by atoms with E-state index in [4.69, 9.17) is 10.2 Å². The van der Waals surface area contributed by atoms with E-state index in [0.717, 1.165) is 27.2 Å². The van der Waals surface area contributed by atoms with Crippen molar-refractivity contribution in [2.24, 2.45) is 0 Å². The van der Waals surface area contributed by atoms with E-state index in [9.17, 15) is 19.4 Å². The maximum Gasteiger partial charge on any atom is 0.305 e. The highest BCUT2D eigenvalue weighted by atomic mass is 32.2. The van der Waals surface area contributed by atoms with Gasteiger partial charge in [0, 0.05) is 17.5 Å². The summed E-state index contributed by atoms with van der Waals surface area (Å²) < 4.78 is 15.4. The number of hydrogen-bond acceptors (Lipinski definition) is 5. The summed E-state index contributed by atoms with van der Waals surface area (Å²) in [6.45, 7) is 4.14. The molecule has 0 amide bonds. The second kappa shape index (κ2) is 10.3. The van der Waals surface area contributed by atoms with Crippen LogP contribution in [0.5, 0.6) is 0 Å². The number of rotatable bonds is 9. The molecule has 3 rings (SSSR count). The SMILES string of the molecule is CSc1ccc2c(C(C)C)c(/C=C/C(O)CC(O)CC(=O)O)c(-c3ccc(F)cc3)nn12. The molecule has 0 aliphatic heterocycles. The van der Waals surface area contributed by atoms with Gasteiger partial charge in [-0.15, -0.1) is 11.8 Å². The smallest absolute Gasteiger partial charge is 0.305 e. The molecule has 0 saturated heterocycles. The molecule has 2 atom stereocenters. The Balaban J connectivity index is 2.13. The van der Waals surface area contributed by atoms with Crippen molar-refractivity contribution in [2.45, 2.75) is 49.8 Å². The number of benzene rings is 1. The van der Waals surface area contributed by atoms with Crippen LogP contribution in [0.1, 0.15) is 43.7 Å². The van der Waals surface area contributed by atoms with Crippen LogP contribution < -0.4 is 0 Å². The summed E-state index contributed by atoms with van der Waals surface area (Å²) in [5.74, 6) is -1.34. The van der Waals surface area contributed by atoms with E-state index in [1.165, 1.54) is 18.2 Å². The first-order chi connectivity index (χ1) is 15.2. The van der Waals surface area contributed by atoms with Crippen molar-refractivity contribution in [3.63, 3.8) is 0 Å². The molecule has 0 saturated carbocycles. The fourth-order valence-electron chi connectivity index (χ4n) is 3.74. The first-order valence-corrected chi connectivity index (χ1v) is 11.6. The van der Waals surface area contributed by atoms with Crippen LogP contribution in [0.4, 0.5) is 4.39 Å². The average molecular weight is 459 g/mol. The number of aromatic nitrogens is 2. The van der Waals surface area contributed by atoms with E-state index < -0.39 is 24.6 Å². The van der Waals surface area contributed by atoms with E-state index in [-0.39, 0.29) is 18.2 Å². The number of nitrogens with zero attached hydrogens (tertiary/aromatic N) is 2. The van der Waals surface area contributed by atoms with Crippen molar-refractivity contribution in [3.8, 4) is 11.3 Å². The quantitative estimate of drug-likeness (QED) is 0.406.